The average molecular weight is 422 g/mol. The standard InChI is InChI=1S/C23H26N4O4/c1-15(28)25-21-9-16-17(11-27(19(16)10-24-21)22(2)12-31-13-22)18-5-4-6-20(26-18)23(29-3)7-8-30-14-23/h4-6,9-11H,7-8,12-14H2,1-3H3,(H,24,25,28). The zero-order valence-corrected chi connectivity index (χ0v) is 18.0. The maximum absolute atomic E-state index is 11.6. The van der Waals surface area contributed by atoms with Gasteiger partial charge in [-0.3, -0.25) is 4.79 Å². The number of ether oxygens (including phenoxy) is 3. The van der Waals surface area contributed by atoms with Crippen molar-refractivity contribution in [1.82, 2.24) is 14.5 Å². The molecule has 8 heteroatoms. The zero-order chi connectivity index (χ0) is 21.6. The van der Waals surface area contributed by atoms with Crippen LogP contribution in [-0.4, -0.2) is 54.0 Å². The Morgan fingerprint density at radius 2 is 2.10 bits per heavy atom. The van der Waals surface area contributed by atoms with Gasteiger partial charge in [0.25, 0.3) is 0 Å². The molecule has 5 heterocycles. The second kappa shape index (κ2) is 7.40. The minimum atomic E-state index is -0.523. The van der Waals surface area contributed by atoms with E-state index in [0.717, 1.165) is 34.3 Å². The molecule has 162 valence electrons. The molecule has 0 radical (unpaired) electrons. The maximum atomic E-state index is 11.6. The van der Waals surface area contributed by atoms with Crippen LogP contribution in [0.2, 0.25) is 0 Å². The van der Waals surface area contributed by atoms with E-state index in [1.807, 2.05) is 24.3 Å². The van der Waals surface area contributed by atoms with Gasteiger partial charge in [-0.25, -0.2) is 9.97 Å². The largest absolute Gasteiger partial charge is 0.378 e. The van der Waals surface area contributed by atoms with E-state index in [1.165, 1.54) is 6.92 Å². The summed E-state index contributed by atoms with van der Waals surface area (Å²) < 4.78 is 19.2. The van der Waals surface area contributed by atoms with Gasteiger partial charge < -0.3 is 24.1 Å². The van der Waals surface area contributed by atoms with Gasteiger partial charge in [-0.2, -0.15) is 0 Å². The van der Waals surface area contributed by atoms with Crippen molar-refractivity contribution in [3.05, 3.63) is 42.4 Å². The summed E-state index contributed by atoms with van der Waals surface area (Å²) >= 11 is 0. The van der Waals surface area contributed by atoms with Gasteiger partial charge in [-0.1, -0.05) is 6.07 Å². The van der Waals surface area contributed by atoms with Crippen molar-refractivity contribution in [1.29, 1.82) is 0 Å². The van der Waals surface area contributed by atoms with Crippen LogP contribution in [0.5, 0.6) is 0 Å². The second-order valence-corrected chi connectivity index (χ2v) is 8.58. The first-order valence-corrected chi connectivity index (χ1v) is 10.4. The van der Waals surface area contributed by atoms with E-state index in [9.17, 15) is 4.79 Å². The first-order valence-electron chi connectivity index (χ1n) is 10.4. The molecule has 0 bridgehead atoms. The molecule has 2 saturated heterocycles. The van der Waals surface area contributed by atoms with Gasteiger partial charge in [0.2, 0.25) is 5.91 Å². The van der Waals surface area contributed by atoms with Crippen LogP contribution in [-0.2, 0) is 30.1 Å². The molecule has 2 aliphatic heterocycles. The van der Waals surface area contributed by atoms with E-state index in [2.05, 4.69) is 28.0 Å². The molecule has 2 fully saturated rings. The summed E-state index contributed by atoms with van der Waals surface area (Å²) in [7, 11) is 1.71. The number of hydrogen-bond donors (Lipinski definition) is 1. The molecule has 31 heavy (non-hydrogen) atoms. The third-order valence-electron chi connectivity index (χ3n) is 6.27. The number of fused-ring (bicyclic) bond motifs is 1. The van der Waals surface area contributed by atoms with E-state index in [0.29, 0.717) is 32.2 Å². The van der Waals surface area contributed by atoms with Gasteiger partial charge in [0, 0.05) is 44.2 Å². The number of aromatic nitrogens is 3. The lowest BCUT2D eigenvalue weighted by Crippen LogP contribution is -2.48. The van der Waals surface area contributed by atoms with E-state index in [-0.39, 0.29) is 11.4 Å². The van der Waals surface area contributed by atoms with Gasteiger partial charge in [0.05, 0.1) is 48.5 Å². The number of pyridine rings is 2. The number of nitrogens with zero attached hydrogens (tertiary/aromatic N) is 3. The van der Waals surface area contributed by atoms with E-state index >= 15 is 0 Å². The summed E-state index contributed by atoms with van der Waals surface area (Å²) in [6.07, 6.45) is 4.69. The molecule has 8 nitrogen and oxygen atoms in total. The molecule has 1 atom stereocenters. The van der Waals surface area contributed by atoms with Gasteiger partial charge in [-0.05, 0) is 25.1 Å². The molecule has 1 amide bonds. The van der Waals surface area contributed by atoms with Crippen molar-refractivity contribution >= 4 is 22.6 Å². The van der Waals surface area contributed by atoms with Crippen molar-refractivity contribution < 1.29 is 19.0 Å². The van der Waals surface area contributed by atoms with Crippen molar-refractivity contribution in [3.8, 4) is 11.3 Å². The Hall–Kier alpha value is -2.81. The lowest BCUT2D eigenvalue weighted by Gasteiger charge is -2.40. The Labute approximate surface area is 180 Å². The number of carbonyl (C=O) groups excluding carboxylic acids is 1. The Kier molecular flexibility index (Phi) is 4.80. The predicted octanol–water partition coefficient (Wildman–Crippen LogP) is 3.06. The molecule has 0 spiro atoms. The van der Waals surface area contributed by atoms with Crippen LogP contribution in [0.3, 0.4) is 0 Å². The molecule has 3 aromatic heterocycles. The third-order valence-corrected chi connectivity index (χ3v) is 6.27. The molecule has 1 N–H and O–H groups in total. The molecule has 5 rings (SSSR count). The summed E-state index contributed by atoms with van der Waals surface area (Å²) in [5.41, 5.74) is 2.99. The highest BCUT2D eigenvalue weighted by molar-refractivity contribution is 5.98. The minimum Gasteiger partial charge on any atom is -0.378 e. The predicted molar refractivity (Wildman–Crippen MR) is 116 cm³/mol. The Morgan fingerprint density at radius 3 is 2.74 bits per heavy atom. The van der Waals surface area contributed by atoms with Gasteiger partial charge in [-0.15, -0.1) is 0 Å². The van der Waals surface area contributed by atoms with Crippen LogP contribution >= 0.6 is 0 Å². The first-order chi connectivity index (χ1) is 14.9. The average Bonchev–Trinajstić information content (AvgIpc) is 3.37. The van der Waals surface area contributed by atoms with Crippen LogP contribution in [0.25, 0.3) is 22.2 Å². The summed E-state index contributed by atoms with van der Waals surface area (Å²) in [5, 5.41) is 3.76. The van der Waals surface area contributed by atoms with Crippen LogP contribution in [0.1, 0.15) is 26.0 Å². The number of carbonyl (C=O) groups is 1. The van der Waals surface area contributed by atoms with Gasteiger partial charge in [0.15, 0.2) is 0 Å². The number of rotatable bonds is 5. The highest BCUT2D eigenvalue weighted by atomic mass is 16.5. The Bertz CT molecular complexity index is 1150. The summed E-state index contributed by atoms with van der Waals surface area (Å²) in [6, 6.07) is 7.90. The normalized spacial score (nSPS) is 22.4. The van der Waals surface area contributed by atoms with Crippen molar-refractivity contribution in [2.75, 3.05) is 38.9 Å². The fourth-order valence-electron chi connectivity index (χ4n) is 4.41. The fourth-order valence-corrected chi connectivity index (χ4v) is 4.41. The highest BCUT2D eigenvalue weighted by Gasteiger charge is 2.39. The topological polar surface area (TPSA) is 87.5 Å². The number of amides is 1. The molecule has 0 aromatic carbocycles. The molecule has 0 aliphatic carbocycles. The van der Waals surface area contributed by atoms with Gasteiger partial charge >= 0.3 is 0 Å². The molecule has 2 aliphatic rings. The number of hydrogen-bond acceptors (Lipinski definition) is 6. The Balaban J connectivity index is 1.67. The smallest absolute Gasteiger partial charge is 0.222 e. The van der Waals surface area contributed by atoms with Crippen LogP contribution < -0.4 is 5.32 Å². The molecular weight excluding hydrogens is 396 g/mol. The summed E-state index contributed by atoms with van der Waals surface area (Å²) in [5.74, 6) is 0.360. The molecule has 1 unspecified atom stereocenters. The van der Waals surface area contributed by atoms with Crippen LogP contribution in [0.4, 0.5) is 5.82 Å². The third kappa shape index (κ3) is 3.31. The summed E-state index contributed by atoms with van der Waals surface area (Å²) in [6.45, 7) is 6.07. The maximum Gasteiger partial charge on any atom is 0.222 e. The summed E-state index contributed by atoms with van der Waals surface area (Å²) in [4.78, 5) is 21.0. The zero-order valence-electron chi connectivity index (χ0n) is 18.0. The van der Waals surface area contributed by atoms with Crippen LogP contribution in [0, 0.1) is 0 Å². The first kappa shape index (κ1) is 20.1. The SMILES string of the molecule is COC1(c2cccc(-c3cn(C4(C)COC4)c4cnc(NC(C)=O)cc34)n2)CCOC1. The number of anilines is 1. The lowest BCUT2D eigenvalue weighted by atomic mass is 9.97. The molecular formula is C23H26N4O4. The second-order valence-electron chi connectivity index (χ2n) is 8.58. The number of nitrogens with one attached hydrogen (secondary N) is 1. The fraction of sp³-hybridized carbons (Fsp3) is 0.435. The van der Waals surface area contributed by atoms with E-state index in [4.69, 9.17) is 19.2 Å². The molecule has 0 saturated carbocycles. The highest BCUT2D eigenvalue weighted by Crippen LogP contribution is 2.39. The van der Waals surface area contributed by atoms with Crippen molar-refractivity contribution in [2.24, 2.45) is 0 Å². The van der Waals surface area contributed by atoms with Crippen molar-refractivity contribution in [3.63, 3.8) is 0 Å². The monoisotopic (exact) mass is 422 g/mol. The minimum absolute atomic E-state index is 0.141. The lowest BCUT2D eigenvalue weighted by molar-refractivity contribution is -0.114. The molecule has 3 aromatic rings. The quantitative estimate of drug-likeness (QED) is 0.680. The van der Waals surface area contributed by atoms with E-state index in [1.54, 1.807) is 13.3 Å². The van der Waals surface area contributed by atoms with Crippen LogP contribution in [0.15, 0.2) is 36.7 Å². The van der Waals surface area contributed by atoms with E-state index < -0.39 is 5.60 Å². The number of methoxy groups -OCH3 is 1. The Morgan fingerprint density at radius 1 is 1.26 bits per heavy atom. The van der Waals surface area contributed by atoms with Gasteiger partial charge in [0.1, 0.15) is 11.4 Å². The van der Waals surface area contributed by atoms with Crippen molar-refractivity contribution in [2.45, 2.75) is 31.4 Å².